The van der Waals surface area contributed by atoms with Gasteiger partial charge < -0.3 is 14.1 Å². The first-order valence-corrected chi connectivity index (χ1v) is 9.60. The Morgan fingerprint density at radius 3 is 3.12 bits per heavy atom. The monoisotopic (exact) mass is 345 g/mol. The molecule has 0 saturated carbocycles. The molecule has 0 bridgehead atoms. The highest BCUT2D eigenvalue weighted by Gasteiger charge is 2.37. The molecule has 1 aliphatic heterocycles. The third-order valence-corrected chi connectivity index (χ3v) is 6.18. The zero-order valence-electron chi connectivity index (χ0n) is 14.0. The lowest BCUT2D eigenvalue weighted by Crippen LogP contribution is -2.35. The predicted octanol–water partition coefficient (Wildman–Crippen LogP) is 4.27. The van der Waals surface area contributed by atoms with Crippen molar-refractivity contribution in [2.24, 2.45) is 0 Å². The highest BCUT2D eigenvalue weighted by Crippen LogP contribution is 2.40. The van der Waals surface area contributed by atoms with Crippen LogP contribution in [0.25, 0.3) is 0 Å². The molecular weight excluding hydrogens is 322 g/mol. The van der Waals surface area contributed by atoms with Gasteiger partial charge >= 0.3 is 0 Å². The molecule has 4 rings (SSSR count). The summed E-state index contributed by atoms with van der Waals surface area (Å²) in [7, 11) is 1.66. The molecule has 1 amide bonds. The lowest BCUT2D eigenvalue weighted by Gasteiger charge is -2.30. The highest BCUT2D eigenvalue weighted by molar-refractivity contribution is 7.10. The molecule has 1 fully saturated rings. The second kappa shape index (κ2) is 6.73. The van der Waals surface area contributed by atoms with E-state index in [4.69, 9.17) is 9.15 Å². The molecule has 2 aliphatic rings. The van der Waals surface area contributed by atoms with Crippen LogP contribution in [0.1, 0.15) is 59.6 Å². The number of hydrogen-bond donors (Lipinski definition) is 0. The molecule has 0 radical (unpaired) electrons. The molecule has 128 valence electrons. The SMILES string of the molecule is COCc1ccc([C@H]2CCCN2C(=O)[C@@H]2CCCc3sccc32)o1. The topological polar surface area (TPSA) is 42.7 Å². The maximum atomic E-state index is 13.2. The number of amides is 1. The minimum Gasteiger partial charge on any atom is -0.461 e. The first-order chi connectivity index (χ1) is 11.8. The van der Waals surface area contributed by atoms with Crippen LogP contribution in [0.5, 0.6) is 0 Å². The molecule has 2 aromatic heterocycles. The first-order valence-electron chi connectivity index (χ1n) is 8.72. The Morgan fingerprint density at radius 2 is 2.25 bits per heavy atom. The van der Waals surface area contributed by atoms with Gasteiger partial charge in [0.15, 0.2) is 0 Å². The highest BCUT2D eigenvalue weighted by atomic mass is 32.1. The molecule has 1 saturated heterocycles. The van der Waals surface area contributed by atoms with Crippen molar-refractivity contribution in [2.45, 2.75) is 50.7 Å². The summed E-state index contributed by atoms with van der Waals surface area (Å²) in [5.41, 5.74) is 1.27. The lowest BCUT2D eigenvalue weighted by molar-refractivity contribution is -0.134. The van der Waals surface area contributed by atoms with E-state index >= 15 is 0 Å². The molecule has 0 spiro atoms. The second-order valence-electron chi connectivity index (χ2n) is 6.67. The molecule has 0 unspecified atom stereocenters. The zero-order chi connectivity index (χ0) is 16.5. The fraction of sp³-hybridized carbons (Fsp3) is 0.526. The Labute approximate surface area is 146 Å². The van der Waals surface area contributed by atoms with Gasteiger partial charge in [0.2, 0.25) is 5.91 Å². The number of methoxy groups -OCH3 is 1. The first kappa shape index (κ1) is 15.9. The third kappa shape index (κ3) is 2.80. The number of hydrogen-bond acceptors (Lipinski definition) is 4. The van der Waals surface area contributed by atoms with Crippen LogP contribution in [-0.4, -0.2) is 24.5 Å². The Morgan fingerprint density at radius 1 is 1.33 bits per heavy atom. The molecule has 2 aromatic rings. The molecule has 2 atom stereocenters. The van der Waals surface area contributed by atoms with E-state index < -0.39 is 0 Å². The van der Waals surface area contributed by atoms with E-state index in [1.807, 2.05) is 17.0 Å². The summed E-state index contributed by atoms with van der Waals surface area (Å²) in [6.45, 7) is 1.31. The maximum absolute atomic E-state index is 13.2. The van der Waals surface area contributed by atoms with E-state index in [0.717, 1.165) is 50.2 Å². The largest absolute Gasteiger partial charge is 0.461 e. The van der Waals surface area contributed by atoms with Gasteiger partial charge in [-0.1, -0.05) is 0 Å². The van der Waals surface area contributed by atoms with Gasteiger partial charge in [-0.2, -0.15) is 0 Å². The van der Waals surface area contributed by atoms with Crippen LogP contribution in [0.2, 0.25) is 0 Å². The molecular formula is C19H23NO3S. The van der Waals surface area contributed by atoms with E-state index in [1.165, 1.54) is 10.4 Å². The van der Waals surface area contributed by atoms with E-state index in [0.29, 0.717) is 6.61 Å². The number of rotatable bonds is 4. The lowest BCUT2D eigenvalue weighted by atomic mass is 9.86. The molecule has 0 aromatic carbocycles. The number of nitrogens with zero attached hydrogens (tertiary/aromatic N) is 1. The molecule has 24 heavy (non-hydrogen) atoms. The average molecular weight is 345 g/mol. The van der Waals surface area contributed by atoms with Crippen molar-refractivity contribution >= 4 is 17.2 Å². The minimum atomic E-state index is 0.0361. The smallest absolute Gasteiger partial charge is 0.230 e. The standard InChI is InChI=1S/C19H23NO3S/c1-22-12-13-7-8-17(23-13)16-5-3-10-20(16)19(21)15-4-2-6-18-14(15)9-11-24-18/h7-9,11,15-16H,2-6,10,12H2,1H3/t15-,16-/m1/s1. The second-order valence-corrected chi connectivity index (χ2v) is 7.67. The normalized spacial score (nSPS) is 23.5. The zero-order valence-corrected chi connectivity index (χ0v) is 14.8. The fourth-order valence-electron chi connectivity index (χ4n) is 4.06. The quantitative estimate of drug-likeness (QED) is 0.831. The Balaban J connectivity index is 1.55. The van der Waals surface area contributed by atoms with Gasteiger partial charge in [0, 0.05) is 18.5 Å². The Hall–Kier alpha value is -1.59. The van der Waals surface area contributed by atoms with Gasteiger partial charge in [0.1, 0.15) is 18.1 Å². The van der Waals surface area contributed by atoms with Crippen molar-refractivity contribution in [1.82, 2.24) is 4.90 Å². The predicted molar refractivity (Wildman–Crippen MR) is 93.1 cm³/mol. The van der Waals surface area contributed by atoms with Gasteiger partial charge in [-0.3, -0.25) is 4.79 Å². The van der Waals surface area contributed by atoms with Crippen molar-refractivity contribution in [3.63, 3.8) is 0 Å². The number of thiophene rings is 1. The van der Waals surface area contributed by atoms with Crippen LogP contribution in [0.3, 0.4) is 0 Å². The van der Waals surface area contributed by atoms with Gasteiger partial charge in [0.25, 0.3) is 0 Å². The van der Waals surface area contributed by atoms with Crippen LogP contribution >= 0.6 is 11.3 Å². The van der Waals surface area contributed by atoms with E-state index in [1.54, 1.807) is 18.4 Å². The maximum Gasteiger partial charge on any atom is 0.230 e. The third-order valence-electron chi connectivity index (χ3n) is 5.18. The van der Waals surface area contributed by atoms with Crippen LogP contribution in [0.4, 0.5) is 0 Å². The summed E-state index contributed by atoms with van der Waals surface area (Å²) in [5, 5.41) is 2.13. The molecule has 5 heteroatoms. The van der Waals surface area contributed by atoms with Gasteiger partial charge in [-0.05, 0) is 61.2 Å². The van der Waals surface area contributed by atoms with Gasteiger partial charge in [-0.15, -0.1) is 11.3 Å². The average Bonchev–Trinajstić information content (AvgIpc) is 3.33. The number of fused-ring (bicyclic) bond motifs is 1. The number of aryl methyl sites for hydroxylation is 1. The molecule has 3 heterocycles. The van der Waals surface area contributed by atoms with Gasteiger partial charge in [-0.25, -0.2) is 0 Å². The van der Waals surface area contributed by atoms with E-state index in [2.05, 4.69) is 11.4 Å². The summed E-state index contributed by atoms with van der Waals surface area (Å²) in [6, 6.07) is 6.18. The van der Waals surface area contributed by atoms with Crippen LogP contribution < -0.4 is 0 Å². The number of carbonyl (C=O) groups is 1. The van der Waals surface area contributed by atoms with Crippen molar-refractivity contribution in [1.29, 1.82) is 0 Å². The van der Waals surface area contributed by atoms with Crippen LogP contribution in [0, 0.1) is 0 Å². The van der Waals surface area contributed by atoms with Crippen molar-refractivity contribution in [2.75, 3.05) is 13.7 Å². The molecule has 1 aliphatic carbocycles. The van der Waals surface area contributed by atoms with E-state index in [9.17, 15) is 4.79 Å². The van der Waals surface area contributed by atoms with Crippen molar-refractivity contribution in [3.8, 4) is 0 Å². The van der Waals surface area contributed by atoms with Crippen LogP contribution in [0.15, 0.2) is 28.0 Å². The Kier molecular flexibility index (Phi) is 4.46. The number of furan rings is 1. The number of carbonyl (C=O) groups excluding carboxylic acids is 1. The Bertz CT molecular complexity index is 720. The van der Waals surface area contributed by atoms with Crippen molar-refractivity contribution < 1.29 is 13.9 Å². The fourth-order valence-corrected chi connectivity index (χ4v) is 5.05. The van der Waals surface area contributed by atoms with Crippen molar-refractivity contribution in [3.05, 3.63) is 45.5 Å². The minimum absolute atomic E-state index is 0.0361. The summed E-state index contributed by atoms with van der Waals surface area (Å²) < 4.78 is 11.0. The van der Waals surface area contributed by atoms with Crippen LogP contribution in [-0.2, 0) is 22.6 Å². The van der Waals surface area contributed by atoms with Gasteiger partial charge in [0.05, 0.1) is 12.0 Å². The summed E-state index contributed by atoms with van der Waals surface area (Å²) in [6.07, 6.45) is 5.23. The van der Waals surface area contributed by atoms with E-state index in [-0.39, 0.29) is 17.9 Å². The summed E-state index contributed by atoms with van der Waals surface area (Å²) >= 11 is 1.79. The summed E-state index contributed by atoms with van der Waals surface area (Å²) in [5.74, 6) is 2.04. The number of likely N-dealkylation sites (tertiary alicyclic amines) is 1. The molecule has 4 nitrogen and oxygen atoms in total. The summed E-state index contributed by atoms with van der Waals surface area (Å²) in [4.78, 5) is 16.7. The molecule has 0 N–H and O–H groups in total. The number of ether oxygens (including phenoxy) is 1.